The van der Waals surface area contributed by atoms with Crippen LogP contribution in [-0.2, 0) is 4.79 Å². The van der Waals surface area contributed by atoms with Crippen LogP contribution in [0.3, 0.4) is 0 Å². The van der Waals surface area contributed by atoms with Crippen LogP contribution in [-0.4, -0.2) is 29.2 Å². The van der Waals surface area contributed by atoms with Crippen molar-refractivity contribution in [2.24, 2.45) is 4.99 Å². The number of aliphatic imine (C=N–C) groups is 1. The van der Waals surface area contributed by atoms with E-state index in [1.807, 2.05) is 0 Å². The molecule has 0 unspecified atom stereocenters. The summed E-state index contributed by atoms with van der Waals surface area (Å²) in [7, 11) is 1.67. The summed E-state index contributed by atoms with van der Waals surface area (Å²) in [5.41, 5.74) is 1.46. The first-order chi connectivity index (χ1) is 10.9. The number of aromatic hydroxyl groups is 1. The van der Waals surface area contributed by atoms with Crippen molar-refractivity contribution in [1.29, 1.82) is 0 Å². The Morgan fingerprint density at radius 3 is 2.48 bits per heavy atom. The Balaban J connectivity index is 2.22. The van der Waals surface area contributed by atoms with Gasteiger partial charge in [-0.3, -0.25) is 19.9 Å². The summed E-state index contributed by atoms with van der Waals surface area (Å²) >= 11 is 0. The highest BCUT2D eigenvalue weighted by molar-refractivity contribution is 5.91. The van der Waals surface area contributed by atoms with Crippen molar-refractivity contribution in [2.45, 2.75) is 6.92 Å². The molecule has 1 amide bonds. The number of benzene rings is 2. The molecule has 2 aromatic carbocycles. The fourth-order valence-corrected chi connectivity index (χ4v) is 1.85. The van der Waals surface area contributed by atoms with E-state index in [2.05, 4.69) is 4.99 Å². The van der Waals surface area contributed by atoms with Gasteiger partial charge in [-0.15, -0.1) is 0 Å². The van der Waals surface area contributed by atoms with Gasteiger partial charge in [0.25, 0.3) is 5.69 Å². The lowest BCUT2D eigenvalue weighted by Gasteiger charge is -2.14. The molecule has 0 aromatic heterocycles. The monoisotopic (exact) mass is 313 g/mol. The highest BCUT2D eigenvalue weighted by atomic mass is 16.6. The highest BCUT2D eigenvalue weighted by Crippen LogP contribution is 2.23. The van der Waals surface area contributed by atoms with Gasteiger partial charge in [0.1, 0.15) is 5.75 Å². The van der Waals surface area contributed by atoms with E-state index >= 15 is 0 Å². The zero-order chi connectivity index (χ0) is 17.0. The van der Waals surface area contributed by atoms with E-state index in [1.54, 1.807) is 31.3 Å². The molecule has 0 aliphatic carbocycles. The van der Waals surface area contributed by atoms with Crippen LogP contribution in [0.1, 0.15) is 12.5 Å². The van der Waals surface area contributed by atoms with E-state index < -0.39 is 4.92 Å². The van der Waals surface area contributed by atoms with Crippen molar-refractivity contribution in [3.63, 3.8) is 0 Å². The lowest BCUT2D eigenvalue weighted by atomic mass is 10.2. The number of phenolic OH excluding ortho intramolecular Hbond substituents is 1. The number of phenols is 1. The third-order valence-electron chi connectivity index (χ3n) is 3.28. The average Bonchev–Trinajstić information content (AvgIpc) is 2.53. The molecule has 0 bridgehead atoms. The van der Waals surface area contributed by atoms with Crippen molar-refractivity contribution in [1.82, 2.24) is 0 Å². The number of hydrogen-bond acceptors (Lipinski definition) is 5. The summed E-state index contributed by atoms with van der Waals surface area (Å²) in [6.45, 7) is 1.47. The molecule has 118 valence electrons. The number of anilines is 1. The van der Waals surface area contributed by atoms with Crippen LogP contribution in [0.2, 0.25) is 0 Å². The van der Waals surface area contributed by atoms with Gasteiger partial charge in [-0.2, -0.15) is 0 Å². The third-order valence-corrected chi connectivity index (χ3v) is 3.28. The largest absolute Gasteiger partial charge is 0.507 e. The van der Waals surface area contributed by atoms with Gasteiger partial charge in [0.15, 0.2) is 0 Å². The molecular formula is C16H15N3O4. The number of hydrogen-bond donors (Lipinski definition) is 1. The van der Waals surface area contributed by atoms with Crippen molar-refractivity contribution < 1.29 is 14.8 Å². The van der Waals surface area contributed by atoms with Gasteiger partial charge < -0.3 is 10.0 Å². The molecule has 0 aliphatic heterocycles. The number of carbonyl (C=O) groups excluding carboxylic acids is 1. The Labute approximate surface area is 132 Å². The fourth-order valence-electron chi connectivity index (χ4n) is 1.85. The second-order valence-electron chi connectivity index (χ2n) is 4.85. The van der Waals surface area contributed by atoms with E-state index in [0.717, 1.165) is 5.69 Å². The second-order valence-corrected chi connectivity index (χ2v) is 4.85. The van der Waals surface area contributed by atoms with Gasteiger partial charge in [-0.25, -0.2) is 0 Å². The van der Waals surface area contributed by atoms with Gasteiger partial charge >= 0.3 is 0 Å². The summed E-state index contributed by atoms with van der Waals surface area (Å²) in [4.78, 5) is 27.2. The normalized spacial score (nSPS) is 10.7. The summed E-state index contributed by atoms with van der Waals surface area (Å²) < 4.78 is 0. The van der Waals surface area contributed by atoms with Gasteiger partial charge in [0.05, 0.1) is 10.6 Å². The molecule has 0 atom stereocenters. The third kappa shape index (κ3) is 3.91. The van der Waals surface area contributed by atoms with Crippen LogP contribution < -0.4 is 4.90 Å². The van der Waals surface area contributed by atoms with Crippen molar-refractivity contribution in [3.05, 3.63) is 58.1 Å². The predicted molar refractivity (Wildman–Crippen MR) is 87.5 cm³/mol. The lowest BCUT2D eigenvalue weighted by molar-refractivity contribution is -0.384. The van der Waals surface area contributed by atoms with Crippen molar-refractivity contribution in [3.8, 4) is 5.75 Å². The molecule has 0 fully saturated rings. The van der Waals surface area contributed by atoms with E-state index in [4.69, 9.17) is 0 Å². The van der Waals surface area contributed by atoms with E-state index in [-0.39, 0.29) is 22.9 Å². The Bertz CT molecular complexity index is 769. The van der Waals surface area contributed by atoms with Crippen LogP contribution in [0.4, 0.5) is 17.1 Å². The number of nitro groups is 1. The van der Waals surface area contributed by atoms with Crippen LogP contribution in [0.15, 0.2) is 47.5 Å². The van der Waals surface area contributed by atoms with Crippen molar-refractivity contribution in [2.75, 3.05) is 11.9 Å². The molecule has 23 heavy (non-hydrogen) atoms. The Hall–Kier alpha value is -3.22. The number of non-ortho nitro benzene ring substituents is 1. The summed E-state index contributed by atoms with van der Waals surface area (Å²) in [6.07, 6.45) is 1.35. The fraction of sp³-hybridized carbons (Fsp3) is 0.125. The maximum Gasteiger partial charge on any atom is 0.270 e. The first-order valence-corrected chi connectivity index (χ1v) is 6.74. The standard InChI is InChI=1S/C16H15N3O4/c1-11(20)18(2)14-5-3-13(4-6-14)17-10-12-9-15(19(22)23)7-8-16(12)21/h3-10,21H,1-2H3. The molecule has 7 nitrogen and oxygen atoms in total. The Kier molecular flexibility index (Phi) is 4.70. The molecule has 0 aliphatic rings. The number of amides is 1. The maximum absolute atomic E-state index is 11.3. The van der Waals surface area contributed by atoms with E-state index in [1.165, 1.54) is 36.2 Å². The topological polar surface area (TPSA) is 96.0 Å². The number of nitro benzene ring substituents is 1. The number of rotatable bonds is 4. The number of carbonyl (C=O) groups is 1. The summed E-state index contributed by atoms with van der Waals surface area (Å²) in [5.74, 6) is -0.171. The molecular weight excluding hydrogens is 298 g/mol. The minimum absolute atomic E-state index is 0.0808. The molecule has 1 N–H and O–H groups in total. The zero-order valence-corrected chi connectivity index (χ0v) is 12.6. The predicted octanol–water partition coefficient (Wildman–Crippen LogP) is 3.03. The quantitative estimate of drug-likeness (QED) is 0.533. The molecule has 0 saturated carbocycles. The molecule has 2 rings (SSSR count). The van der Waals surface area contributed by atoms with Crippen molar-refractivity contribution >= 4 is 29.2 Å². The van der Waals surface area contributed by atoms with Gasteiger partial charge in [0, 0.05) is 43.6 Å². The smallest absolute Gasteiger partial charge is 0.270 e. The van der Waals surface area contributed by atoms with E-state index in [9.17, 15) is 20.0 Å². The Morgan fingerprint density at radius 1 is 1.26 bits per heavy atom. The molecule has 7 heteroatoms. The minimum atomic E-state index is -0.539. The molecule has 2 aromatic rings. The van der Waals surface area contributed by atoms with Crippen LogP contribution in [0.25, 0.3) is 0 Å². The maximum atomic E-state index is 11.3. The van der Waals surface area contributed by atoms with Gasteiger partial charge in [0.2, 0.25) is 5.91 Å². The molecule has 0 spiro atoms. The highest BCUT2D eigenvalue weighted by Gasteiger charge is 2.09. The SMILES string of the molecule is CC(=O)N(C)c1ccc(N=Cc2cc([N+](=O)[O-])ccc2O)cc1. The molecule has 0 heterocycles. The van der Waals surface area contributed by atoms with Crippen LogP contribution in [0.5, 0.6) is 5.75 Å². The first-order valence-electron chi connectivity index (χ1n) is 6.74. The van der Waals surface area contributed by atoms with Crippen LogP contribution in [0, 0.1) is 10.1 Å². The van der Waals surface area contributed by atoms with Gasteiger partial charge in [-0.1, -0.05) is 0 Å². The summed E-state index contributed by atoms with van der Waals surface area (Å²) in [6, 6.07) is 10.6. The van der Waals surface area contributed by atoms with E-state index in [0.29, 0.717) is 5.69 Å². The Morgan fingerprint density at radius 2 is 1.91 bits per heavy atom. The molecule has 0 radical (unpaired) electrons. The van der Waals surface area contributed by atoms with Crippen LogP contribution >= 0.6 is 0 Å². The first kappa shape index (κ1) is 16.2. The number of nitrogens with zero attached hydrogens (tertiary/aromatic N) is 3. The molecule has 0 saturated heterocycles. The average molecular weight is 313 g/mol. The summed E-state index contributed by atoms with van der Waals surface area (Å²) in [5, 5.41) is 20.5. The lowest BCUT2D eigenvalue weighted by Crippen LogP contribution is -2.22. The minimum Gasteiger partial charge on any atom is -0.507 e. The zero-order valence-electron chi connectivity index (χ0n) is 12.6. The second kappa shape index (κ2) is 6.69. The van der Waals surface area contributed by atoms with Gasteiger partial charge in [-0.05, 0) is 30.3 Å².